The van der Waals surface area contributed by atoms with Crippen molar-refractivity contribution in [3.05, 3.63) is 0 Å². The van der Waals surface area contributed by atoms with Crippen LogP contribution in [-0.2, 0) is 9.59 Å². The Labute approximate surface area is 102 Å². The van der Waals surface area contributed by atoms with E-state index in [0.717, 1.165) is 32.4 Å². The second-order valence-corrected chi connectivity index (χ2v) is 5.00. The van der Waals surface area contributed by atoms with Crippen molar-refractivity contribution in [2.24, 2.45) is 5.92 Å². The smallest absolute Gasteiger partial charge is 0.220 e. The van der Waals surface area contributed by atoms with Gasteiger partial charge in [0.2, 0.25) is 11.8 Å². The normalized spacial score (nSPS) is 26.4. The molecule has 2 fully saturated rings. The number of nitrogens with one attached hydrogen (secondary N) is 3. The van der Waals surface area contributed by atoms with Gasteiger partial charge in [0, 0.05) is 25.4 Å². The van der Waals surface area contributed by atoms with E-state index in [-0.39, 0.29) is 17.9 Å². The first-order valence-corrected chi connectivity index (χ1v) is 6.51. The molecule has 0 radical (unpaired) electrons. The molecule has 2 rings (SSSR count). The minimum atomic E-state index is 0.0915. The lowest BCUT2D eigenvalue weighted by molar-refractivity contribution is -0.126. The second kappa shape index (κ2) is 6.00. The SMILES string of the molecule is O=C1CCC(NC(=O)CC2CCNCC2)CN1. The molecule has 0 saturated carbocycles. The summed E-state index contributed by atoms with van der Waals surface area (Å²) in [6, 6.07) is 0.127. The highest BCUT2D eigenvalue weighted by atomic mass is 16.2. The summed E-state index contributed by atoms with van der Waals surface area (Å²) in [6.45, 7) is 2.63. The number of carbonyl (C=O) groups is 2. The second-order valence-electron chi connectivity index (χ2n) is 5.00. The molecule has 0 spiro atoms. The Balaban J connectivity index is 1.67. The van der Waals surface area contributed by atoms with E-state index in [1.165, 1.54) is 0 Å². The molecule has 0 aromatic rings. The fourth-order valence-corrected chi connectivity index (χ4v) is 2.49. The fourth-order valence-electron chi connectivity index (χ4n) is 2.49. The van der Waals surface area contributed by atoms with Gasteiger partial charge < -0.3 is 16.0 Å². The van der Waals surface area contributed by atoms with Gasteiger partial charge in [0.1, 0.15) is 0 Å². The summed E-state index contributed by atoms with van der Waals surface area (Å²) in [4.78, 5) is 22.8. The summed E-state index contributed by atoms with van der Waals surface area (Å²) in [7, 11) is 0. The quantitative estimate of drug-likeness (QED) is 0.637. The predicted octanol–water partition coefficient (Wildman–Crippen LogP) is -0.229. The van der Waals surface area contributed by atoms with Gasteiger partial charge in [-0.15, -0.1) is 0 Å². The van der Waals surface area contributed by atoms with Gasteiger partial charge in [-0.1, -0.05) is 0 Å². The largest absolute Gasteiger partial charge is 0.354 e. The van der Waals surface area contributed by atoms with Gasteiger partial charge in [-0.05, 0) is 38.3 Å². The van der Waals surface area contributed by atoms with Crippen LogP contribution in [0.2, 0.25) is 0 Å². The van der Waals surface area contributed by atoms with Gasteiger partial charge in [-0.25, -0.2) is 0 Å². The molecule has 17 heavy (non-hydrogen) atoms. The summed E-state index contributed by atoms with van der Waals surface area (Å²) < 4.78 is 0. The summed E-state index contributed by atoms with van der Waals surface area (Å²) in [5.41, 5.74) is 0. The van der Waals surface area contributed by atoms with Crippen LogP contribution < -0.4 is 16.0 Å². The van der Waals surface area contributed by atoms with Crippen LogP contribution >= 0.6 is 0 Å². The molecule has 2 aliphatic heterocycles. The van der Waals surface area contributed by atoms with Gasteiger partial charge in [0.15, 0.2) is 0 Å². The topological polar surface area (TPSA) is 70.2 Å². The summed E-state index contributed by atoms with van der Waals surface area (Å²) >= 11 is 0. The maximum atomic E-state index is 11.8. The zero-order chi connectivity index (χ0) is 12.1. The lowest BCUT2D eigenvalue weighted by Crippen LogP contribution is -2.48. The van der Waals surface area contributed by atoms with Crippen LogP contribution in [0.5, 0.6) is 0 Å². The third-order valence-corrected chi connectivity index (χ3v) is 3.56. The monoisotopic (exact) mass is 239 g/mol. The molecule has 1 unspecified atom stereocenters. The van der Waals surface area contributed by atoms with Crippen LogP contribution in [0.15, 0.2) is 0 Å². The van der Waals surface area contributed by atoms with E-state index in [1.54, 1.807) is 0 Å². The maximum Gasteiger partial charge on any atom is 0.220 e. The molecule has 5 nitrogen and oxygen atoms in total. The molecule has 3 N–H and O–H groups in total. The standard InChI is InChI=1S/C12H21N3O2/c16-11-2-1-10(8-14-11)15-12(17)7-9-3-5-13-6-4-9/h9-10,13H,1-8H2,(H,14,16)(H,15,17). The number of hydrogen-bond donors (Lipinski definition) is 3. The Bertz CT molecular complexity index is 277. The molecule has 96 valence electrons. The Morgan fingerprint density at radius 1 is 1.29 bits per heavy atom. The fraction of sp³-hybridized carbons (Fsp3) is 0.833. The Morgan fingerprint density at radius 2 is 2.06 bits per heavy atom. The first kappa shape index (κ1) is 12.4. The van der Waals surface area contributed by atoms with Crippen molar-refractivity contribution in [1.82, 2.24) is 16.0 Å². The van der Waals surface area contributed by atoms with Crippen molar-refractivity contribution in [3.8, 4) is 0 Å². The van der Waals surface area contributed by atoms with E-state index in [0.29, 0.717) is 25.3 Å². The van der Waals surface area contributed by atoms with Crippen molar-refractivity contribution in [3.63, 3.8) is 0 Å². The average Bonchev–Trinajstić information content (AvgIpc) is 2.33. The summed E-state index contributed by atoms with van der Waals surface area (Å²) in [5.74, 6) is 0.751. The first-order valence-electron chi connectivity index (χ1n) is 6.51. The van der Waals surface area contributed by atoms with Crippen LogP contribution in [0.25, 0.3) is 0 Å². The summed E-state index contributed by atoms with van der Waals surface area (Å²) in [5, 5.41) is 9.09. The zero-order valence-corrected chi connectivity index (χ0v) is 10.1. The van der Waals surface area contributed by atoms with Gasteiger partial charge in [-0.2, -0.15) is 0 Å². The number of rotatable bonds is 3. The molecule has 0 aliphatic carbocycles. The van der Waals surface area contributed by atoms with E-state index in [9.17, 15) is 9.59 Å². The van der Waals surface area contributed by atoms with E-state index >= 15 is 0 Å². The number of amides is 2. The van der Waals surface area contributed by atoms with Crippen LogP contribution in [0.3, 0.4) is 0 Å². The van der Waals surface area contributed by atoms with Gasteiger partial charge in [0.25, 0.3) is 0 Å². The van der Waals surface area contributed by atoms with Gasteiger partial charge >= 0.3 is 0 Å². The van der Waals surface area contributed by atoms with E-state index in [2.05, 4.69) is 16.0 Å². The molecule has 2 amide bonds. The molecule has 1 atom stereocenters. The minimum Gasteiger partial charge on any atom is -0.354 e. The Morgan fingerprint density at radius 3 is 2.71 bits per heavy atom. The maximum absolute atomic E-state index is 11.8. The predicted molar refractivity (Wildman–Crippen MR) is 64.4 cm³/mol. The van der Waals surface area contributed by atoms with Crippen LogP contribution in [-0.4, -0.2) is 37.5 Å². The molecule has 2 saturated heterocycles. The first-order chi connectivity index (χ1) is 8.24. The molecular formula is C12H21N3O2. The van der Waals surface area contributed by atoms with Crippen molar-refractivity contribution in [2.45, 2.75) is 38.1 Å². The average molecular weight is 239 g/mol. The van der Waals surface area contributed by atoms with E-state index < -0.39 is 0 Å². The van der Waals surface area contributed by atoms with Crippen LogP contribution in [0, 0.1) is 5.92 Å². The lowest BCUT2D eigenvalue weighted by atomic mass is 9.94. The highest BCUT2D eigenvalue weighted by Crippen LogP contribution is 2.15. The number of piperidine rings is 2. The zero-order valence-electron chi connectivity index (χ0n) is 10.1. The Hall–Kier alpha value is -1.10. The highest BCUT2D eigenvalue weighted by Gasteiger charge is 2.22. The molecular weight excluding hydrogens is 218 g/mol. The minimum absolute atomic E-state index is 0.0915. The molecule has 2 heterocycles. The molecule has 2 aliphatic rings. The summed E-state index contributed by atoms with van der Waals surface area (Å²) in [6.07, 6.45) is 4.11. The van der Waals surface area contributed by atoms with Crippen molar-refractivity contribution in [1.29, 1.82) is 0 Å². The van der Waals surface area contributed by atoms with Crippen LogP contribution in [0.4, 0.5) is 0 Å². The number of hydrogen-bond acceptors (Lipinski definition) is 3. The molecule has 0 aromatic heterocycles. The van der Waals surface area contributed by atoms with Crippen molar-refractivity contribution < 1.29 is 9.59 Å². The van der Waals surface area contributed by atoms with Crippen molar-refractivity contribution >= 4 is 11.8 Å². The molecule has 5 heteroatoms. The highest BCUT2D eigenvalue weighted by molar-refractivity contribution is 5.79. The van der Waals surface area contributed by atoms with Crippen molar-refractivity contribution in [2.75, 3.05) is 19.6 Å². The Kier molecular flexibility index (Phi) is 4.36. The lowest BCUT2D eigenvalue weighted by Gasteiger charge is -2.26. The van der Waals surface area contributed by atoms with Gasteiger partial charge in [0.05, 0.1) is 0 Å². The molecule has 0 aromatic carbocycles. The number of carbonyl (C=O) groups excluding carboxylic acids is 2. The van der Waals surface area contributed by atoms with E-state index in [1.807, 2.05) is 0 Å². The van der Waals surface area contributed by atoms with Crippen LogP contribution in [0.1, 0.15) is 32.1 Å². The third kappa shape index (κ3) is 4.00. The molecule has 0 bridgehead atoms. The third-order valence-electron chi connectivity index (χ3n) is 3.56. The van der Waals surface area contributed by atoms with Gasteiger partial charge in [-0.3, -0.25) is 9.59 Å². The van der Waals surface area contributed by atoms with E-state index in [4.69, 9.17) is 0 Å².